The summed E-state index contributed by atoms with van der Waals surface area (Å²) in [4.78, 5) is 29.3. The number of nitrogens with zero attached hydrogens (tertiary/aromatic N) is 2. The molecule has 0 aliphatic rings. The molecule has 0 bridgehead atoms. The second-order valence-electron chi connectivity index (χ2n) is 10.5. The Kier molecular flexibility index (Phi) is 12.4. The van der Waals surface area contributed by atoms with E-state index in [-0.39, 0.29) is 43.8 Å². The first-order chi connectivity index (χ1) is 19.9. The van der Waals surface area contributed by atoms with Crippen LogP contribution in [0.5, 0.6) is 0 Å². The van der Waals surface area contributed by atoms with Gasteiger partial charge in [-0.3, -0.25) is 13.9 Å². The van der Waals surface area contributed by atoms with Gasteiger partial charge in [-0.2, -0.15) is 0 Å². The lowest BCUT2D eigenvalue weighted by atomic mass is 10.0. The zero-order chi connectivity index (χ0) is 30.9. The average molecular weight is 677 g/mol. The minimum atomic E-state index is -3.64. The zero-order valence-electron chi connectivity index (χ0n) is 24.5. The molecule has 0 fully saturated rings. The number of carbonyl (C=O) groups is 2. The van der Waals surface area contributed by atoms with Crippen LogP contribution in [-0.2, 0) is 32.6 Å². The van der Waals surface area contributed by atoms with Crippen LogP contribution < -0.4 is 9.62 Å². The standard InChI is InChI=1S/C32H39BrClN3O4S/c1-5-24(3)35-32(39)30(20-25-11-7-6-8-12-25)36(22-26-13-9-14-27(33)19-26)31(38)15-10-18-37(42(4,40)41)29-21-28(34)17-16-23(29)2/h6-9,11-14,16-17,19,21,24,30H,5,10,15,18,20,22H2,1-4H3,(H,35,39)/t24-,30-/m1/s1. The number of nitrogens with one attached hydrogen (secondary N) is 1. The molecule has 42 heavy (non-hydrogen) atoms. The second-order valence-corrected chi connectivity index (χ2v) is 13.8. The maximum Gasteiger partial charge on any atom is 0.243 e. The summed E-state index contributed by atoms with van der Waals surface area (Å²) in [6, 6.07) is 21.6. The number of carbonyl (C=O) groups excluding carboxylic acids is 2. The van der Waals surface area contributed by atoms with E-state index in [1.807, 2.05) is 75.4 Å². The van der Waals surface area contributed by atoms with E-state index in [2.05, 4.69) is 21.2 Å². The summed E-state index contributed by atoms with van der Waals surface area (Å²) in [5.74, 6) is -0.449. The highest BCUT2D eigenvalue weighted by Crippen LogP contribution is 2.27. The van der Waals surface area contributed by atoms with E-state index in [1.54, 1.807) is 23.1 Å². The molecule has 0 saturated heterocycles. The molecule has 0 aliphatic carbocycles. The second kappa shape index (κ2) is 15.5. The van der Waals surface area contributed by atoms with Gasteiger partial charge in [0.05, 0.1) is 11.9 Å². The van der Waals surface area contributed by atoms with Crippen LogP contribution in [0.1, 0.15) is 49.8 Å². The van der Waals surface area contributed by atoms with E-state index in [1.165, 1.54) is 4.31 Å². The first kappa shape index (κ1) is 33.6. The van der Waals surface area contributed by atoms with Crippen LogP contribution in [0, 0.1) is 6.92 Å². The Morgan fingerprint density at radius 3 is 2.33 bits per heavy atom. The lowest BCUT2D eigenvalue weighted by Crippen LogP contribution is -2.52. The average Bonchev–Trinajstić information content (AvgIpc) is 2.94. The maximum atomic E-state index is 14.0. The van der Waals surface area contributed by atoms with Gasteiger partial charge >= 0.3 is 0 Å². The van der Waals surface area contributed by atoms with Gasteiger partial charge in [-0.1, -0.05) is 83.0 Å². The Hall–Kier alpha value is -2.88. The van der Waals surface area contributed by atoms with Crippen molar-refractivity contribution in [3.05, 3.63) is 99.0 Å². The molecule has 3 aromatic carbocycles. The highest BCUT2D eigenvalue weighted by molar-refractivity contribution is 9.10. The van der Waals surface area contributed by atoms with Gasteiger partial charge in [0.25, 0.3) is 0 Å². The monoisotopic (exact) mass is 675 g/mol. The predicted molar refractivity (Wildman–Crippen MR) is 174 cm³/mol. The Labute approximate surface area is 263 Å². The molecule has 0 unspecified atom stereocenters. The van der Waals surface area contributed by atoms with Crippen LogP contribution in [0.2, 0.25) is 5.02 Å². The first-order valence-electron chi connectivity index (χ1n) is 14.0. The van der Waals surface area contributed by atoms with Gasteiger partial charge < -0.3 is 10.2 Å². The van der Waals surface area contributed by atoms with Crippen LogP contribution in [-0.4, -0.2) is 50.0 Å². The van der Waals surface area contributed by atoms with Crippen molar-refractivity contribution in [1.82, 2.24) is 10.2 Å². The van der Waals surface area contributed by atoms with Crippen LogP contribution in [0.25, 0.3) is 0 Å². The van der Waals surface area contributed by atoms with E-state index < -0.39 is 16.1 Å². The number of rotatable bonds is 14. The van der Waals surface area contributed by atoms with Gasteiger partial charge in [-0.25, -0.2) is 8.42 Å². The number of anilines is 1. The minimum absolute atomic E-state index is 0.0529. The van der Waals surface area contributed by atoms with Crippen LogP contribution in [0.3, 0.4) is 0 Å². The lowest BCUT2D eigenvalue weighted by molar-refractivity contribution is -0.141. The fourth-order valence-electron chi connectivity index (χ4n) is 4.66. The van der Waals surface area contributed by atoms with E-state index in [0.29, 0.717) is 17.1 Å². The number of amides is 2. The molecule has 3 aromatic rings. The van der Waals surface area contributed by atoms with Gasteiger partial charge in [-0.15, -0.1) is 0 Å². The molecular weight excluding hydrogens is 638 g/mol. The summed E-state index contributed by atoms with van der Waals surface area (Å²) >= 11 is 9.68. The summed E-state index contributed by atoms with van der Waals surface area (Å²) in [5, 5.41) is 3.49. The fourth-order valence-corrected chi connectivity index (χ4v) is 6.29. The number of hydrogen-bond acceptors (Lipinski definition) is 4. The van der Waals surface area contributed by atoms with Crippen molar-refractivity contribution in [2.75, 3.05) is 17.1 Å². The minimum Gasteiger partial charge on any atom is -0.352 e. The van der Waals surface area contributed by atoms with Gasteiger partial charge in [0.1, 0.15) is 6.04 Å². The van der Waals surface area contributed by atoms with Crippen LogP contribution in [0.15, 0.2) is 77.3 Å². The zero-order valence-corrected chi connectivity index (χ0v) is 27.7. The summed E-state index contributed by atoms with van der Waals surface area (Å²) in [5.41, 5.74) is 3.06. The van der Waals surface area contributed by atoms with Crippen molar-refractivity contribution in [3.8, 4) is 0 Å². The quantitative estimate of drug-likeness (QED) is 0.211. The lowest BCUT2D eigenvalue weighted by Gasteiger charge is -2.33. The van der Waals surface area contributed by atoms with E-state index in [4.69, 9.17) is 11.6 Å². The van der Waals surface area contributed by atoms with Gasteiger partial charge in [-0.05, 0) is 67.6 Å². The van der Waals surface area contributed by atoms with Crippen molar-refractivity contribution < 1.29 is 18.0 Å². The van der Waals surface area contributed by atoms with E-state index >= 15 is 0 Å². The molecule has 7 nitrogen and oxygen atoms in total. The third-order valence-corrected chi connectivity index (χ3v) is 9.01. The summed E-state index contributed by atoms with van der Waals surface area (Å²) in [7, 11) is -3.64. The third kappa shape index (κ3) is 9.85. The Bertz CT molecular complexity index is 1470. The summed E-state index contributed by atoms with van der Waals surface area (Å²) < 4.78 is 27.6. The van der Waals surface area contributed by atoms with Crippen molar-refractivity contribution in [2.45, 2.75) is 65.1 Å². The number of benzene rings is 3. The topological polar surface area (TPSA) is 86.8 Å². The highest BCUT2D eigenvalue weighted by Gasteiger charge is 2.31. The molecule has 2 amide bonds. The number of halogens is 2. The molecule has 0 heterocycles. The fraction of sp³-hybridized carbons (Fsp3) is 0.375. The summed E-state index contributed by atoms with van der Waals surface area (Å²) in [6.45, 7) is 6.08. The van der Waals surface area contributed by atoms with E-state index in [0.717, 1.165) is 33.8 Å². The van der Waals surface area contributed by atoms with Gasteiger partial charge in [0.15, 0.2) is 0 Å². The largest absolute Gasteiger partial charge is 0.352 e. The molecule has 0 saturated carbocycles. The van der Waals surface area contributed by atoms with Crippen LogP contribution in [0.4, 0.5) is 5.69 Å². The number of aryl methyl sites for hydroxylation is 1. The molecule has 0 aromatic heterocycles. The molecule has 2 atom stereocenters. The predicted octanol–water partition coefficient (Wildman–Crippen LogP) is 6.51. The summed E-state index contributed by atoms with van der Waals surface area (Å²) in [6.07, 6.45) is 2.57. The number of sulfonamides is 1. The van der Waals surface area contributed by atoms with Crippen molar-refractivity contribution in [2.24, 2.45) is 0 Å². The van der Waals surface area contributed by atoms with E-state index in [9.17, 15) is 18.0 Å². The maximum absolute atomic E-state index is 14.0. The Morgan fingerprint density at radius 1 is 1.00 bits per heavy atom. The molecular formula is C32H39BrClN3O4S. The SMILES string of the molecule is CC[C@@H](C)NC(=O)[C@@H](Cc1ccccc1)N(Cc1cccc(Br)c1)C(=O)CCCN(c1cc(Cl)ccc1C)S(C)(=O)=O. The normalized spacial score (nSPS) is 12.8. The molecule has 0 radical (unpaired) electrons. The molecule has 0 aliphatic heterocycles. The van der Waals surface area contributed by atoms with Crippen molar-refractivity contribution in [3.63, 3.8) is 0 Å². The van der Waals surface area contributed by atoms with Gasteiger partial charge in [0, 0.05) is 41.5 Å². The van der Waals surface area contributed by atoms with Gasteiger partial charge in [0.2, 0.25) is 21.8 Å². The van der Waals surface area contributed by atoms with Crippen molar-refractivity contribution in [1.29, 1.82) is 0 Å². The molecule has 226 valence electrons. The Morgan fingerprint density at radius 2 is 1.69 bits per heavy atom. The first-order valence-corrected chi connectivity index (χ1v) is 17.0. The van der Waals surface area contributed by atoms with Crippen LogP contribution >= 0.6 is 27.5 Å². The molecule has 1 N–H and O–H groups in total. The third-order valence-electron chi connectivity index (χ3n) is 7.11. The molecule has 10 heteroatoms. The number of hydrogen-bond donors (Lipinski definition) is 1. The highest BCUT2D eigenvalue weighted by atomic mass is 79.9. The molecule has 3 rings (SSSR count). The smallest absolute Gasteiger partial charge is 0.243 e. The van der Waals surface area contributed by atoms with Crippen molar-refractivity contribution >= 4 is 55.1 Å². The Balaban J connectivity index is 1.91. The molecule has 0 spiro atoms.